The van der Waals surface area contributed by atoms with Gasteiger partial charge in [0.15, 0.2) is 17.5 Å². The molecule has 0 bridgehead atoms. The second-order valence-electron chi connectivity index (χ2n) is 41.4. The summed E-state index contributed by atoms with van der Waals surface area (Å²) in [5.41, 5.74) is 38.4. The molecule has 0 amide bonds. The van der Waals surface area contributed by atoms with Gasteiger partial charge in [-0.25, -0.2) is 19.9 Å². The molecule has 4 heterocycles. The Hall–Kier alpha value is -15.9. The van der Waals surface area contributed by atoms with Gasteiger partial charge < -0.3 is 9.80 Å². The van der Waals surface area contributed by atoms with E-state index in [1.54, 1.807) is 0 Å². The Bertz CT molecular complexity index is 7200. The van der Waals surface area contributed by atoms with Gasteiger partial charge in [0.05, 0.1) is 22.8 Å². The van der Waals surface area contributed by atoms with Crippen LogP contribution in [0.25, 0.3) is 157 Å². The predicted octanol–water partition coefficient (Wildman–Crippen LogP) is 37.2. The molecule has 696 valence electrons. The van der Waals surface area contributed by atoms with Crippen molar-refractivity contribution in [2.24, 2.45) is 0 Å². The van der Waals surface area contributed by atoms with E-state index in [0.717, 1.165) is 112 Å². The minimum atomic E-state index is -0.0299. The van der Waals surface area contributed by atoms with Crippen LogP contribution in [0.3, 0.4) is 0 Å². The lowest BCUT2D eigenvalue weighted by Crippen LogP contribution is -2.43. The smallest absolute Gasteiger partial charge is 0.164 e. The highest BCUT2D eigenvalue weighted by Gasteiger charge is 2.40. The molecule has 0 saturated heterocycles. The molecule has 0 aliphatic carbocycles. The number of nitrogens with zero attached hydrogens (tertiary/aromatic N) is 6. The number of rotatable bonds is 14. The van der Waals surface area contributed by atoms with E-state index in [1.165, 1.54) is 82.6 Å². The summed E-state index contributed by atoms with van der Waals surface area (Å²) in [4.78, 5) is 28.8. The lowest BCUT2D eigenvalue weighted by molar-refractivity contribution is 0.530. The summed E-state index contributed by atoms with van der Waals surface area (Å²) in [7, 11) is 0. The molecule has 0 saturated carbocycles. The average Bonchev–Trinajstić information content (AvgIpc) is 0.721. The predicted molar refractivity (Wildman–Crippen MR) is 603 cm³/mol. The Balaban J connectivity index is 0.000000132. The molecule has 0 fully saturated rings. The van der Waals surface area contributed by atoms with Crippen LogP contribution < -0.4 is 9.80 Å². The summed E-state index contributed by atoms with van der Waals surface area (Å²) in [6.07, 6.45) is 0. The number of hydrogen-bond acceptors (Lipinski definition) is 7. The van der Waals surface area contributed by atoms with Gasteiger partial charge in [-0.05, 0) is 302 Å². The molecule has 2 aliphatic heterocycles. The SMILES string of the molecule is CC(C)(C)N1c2ccccc2Sc2ccccc21.CC(C)(C)c1ccc(-c2cc(-c3cc(-c4ccccc4)cc(-c4ccccc4)c3)nc(-c3cc(-c4ccccc4)cc(-c4ccccc4)c3)c2)cc1.CC(C)(C)c1cccc(-c2nc(-c3cc(-c4ccccc4)cc(-c4ccccc4)c3)nc(-c3cc(-c4ccccc4)cc(-c4ccccc4)c3)n2)c1.CC1(C)c2ccccc2N(C(C)(C)C)c2ccccc21. The van der Waals surface area contributed by atoms with Crippen molar-refractivity contribution in [1.29, 1.82) is 0 Å². The number of aromatic nitrogens is 4. The highest BCUT2D eigenvalue weighted by atomic mass is 32.2. The fourth-order valence-electron chi connectivity index (χ4n) is 19.3. The molecule has 0 radical (unpaired) electrons. The summed E-state index contributed by atoms with van der Waals surface area (Å²) >= 11 is 1.86. The number of benzene rings is 18. The molecule has 0 spiro atoms. The van der Waals surface area contributed by atoms with E-state index in [0.29, 0.717) is 17.5 Å². The van der Waals surface area contributed by atoms with Gasteiger partial charge in [0.2, 0.25) is 0 Å². The third-order valence-electron chi connectivity index (χ3n) is 26.6. The van der Waals surface area contributed by atoms with Crippen molar-refractivity contribution in [3.8, 4) is 157 Å². The van der Waals surface area contributed by atoms with E-state index in [9.17, 15) is 0 Å². The van der Waals surface area contributed by atoms with Crippen molar-refractivity contribution >= 4 is 34.5 Å². The lowest BCUT2D eigenvalue weighted by atomic mass is 9.73. The maximum Gasteiger partial charge on any atom is 0.164 e. The first kappa shape index (κ1) is 95.0. The van der Waals surface area contributed by atoms with E-state index in [4.69, 9.17) is 19.9 Å². The van der Waals surface area contributed by atoms with Crippen molar-refractivity contribution in [2.75, 3.05) is 9.80 Å². The number of pyridine rings is 1. The first-order chi connectivity index (χ1) is 68.6. The third-order valence-corrected chi connectivity index (χ3v) is 27.8. The molecule has 0 unspecified atom stereocenters. The van der Waals surface area contributed by atoms with Gasteiger partial charge in [-0.1, -0.05) is 413 Å². The van der Waals surface area contributed by atoms with Gasteiger partial charge in [0, 0.05) is 65.5 Å². The Labute approximate surface area is 844 Å². The standard InChI is InChI=1S/C51H41N.C49H39N3.C19H23N.C16H17NS/c1-51(2,3)48-26-24-40(25-27-48)45-34-49(46-30-41(36-16-8-4-9-17-36)28-42(31-46)37-18-10-5-11-19-37)52-50(35-45)47-32-43(38-20-12-6-13-21-38)29-44(33-47)39-22-14-7-15-23-39;1-49(2,3)45-26-16-25-38(33-45)46-50-47(43-29-39(34-17-8-4-9-18-34)27-40(30-43)35-19-10-5-11-20-35)52-48(51-46)44-31-41(36-21-12-6-13-22-36)28-42(32-44)37-23-14-7-15-24-37;1-18(2,3)20-16-12-8-6-10-14(16)19(4,5)15-11-7-9-13-17(15)20;1-16(2,3)17-12-8-4-6-10-14(12)18-15-11-7-5-9-13(15)17/h4-35H,1-3H3;4-33H,1-3H3;6-13H,1-5H3;4-11H,1-3H3. The van der Waals surface area contributed by atoms with E-state index in [-0.39, 0.29) is 27.3 Å². The van der Waals surface area contributed by atoms with E-state index in [2.05, 4.69) is 580 Å². The maximum absolute atomic E-state index is 5.50. The summed E-state index contributed by atoms with van der Waals surface area (Å²) in [6.45, 7) is 31.7. The summed E-state index contributed by atoms with van der Waals surface area (Å²) < 4.78 is 0. The molecule has 142 heavy (non-hydrogen) atoms. The van der Waals surface area contributed by atoms with Crippen LogP contribution in [-0.2, 0) is 16.2 Å². The van der Waals surface area contributed by atoms with Crippen LogP contribution in [0, 0.1) is 0 Å². The topological polar surface area (TPSA) is 58.0 Å². The molecule has 22 rings (SSSR count). The molecule has 7 heteroatoms. The largest absolute Gasteiger partial charge is 0.336 e. The van der Waals surface area contributed by atoms with Gasteiger partial charge in [0.25, 0.3) is 0 Å². The van der Waals surface area contributed by atoms with Crippen LogP contribution in [-0.4, -0.2) is 31.0 Å². The fourth-order valence-corrected chi connectivity index (χ4v) is 20.4. The zero-order valence-electron chi connectivity index (χ0n) is 83.6. The van der Waals surface area contributed by atoms with Crippen LogP contribution in [0.2, 0.25) is 0 Å². The molecule has 18 aromatic carbocycles. The Morgan fingerprint density at radius 2 is 0.415 bits per heavy atom. The van der Waals surface area contributed by atoms with Crippen LogP contribution >= 0.6 is 11.8 Å². The highest BCUT2D eigenvalue weighted by Crippen LogP contribution is 2.54. The first-order valence-electron chi connectivity index (χ1n) is 49.4. The van der Waals surface area contributed by atoms with Crippen LogP contribution in [0.4, 0.5) is 22.7 Å². The van der Waals surface area contributed by atoms with Crippen molar-refractivity contribution in [3.63, 3.8) is 0 Å². The van der Waals surface area contributed by atoms with Gasteiger partial charge in [0.1, 0.15) is 0 Å². The molecular weight excluding hydrogens is 1740 g/mol. The zero-order chi connectivity index (χ0) is 98.3. The minimum Gasteiger partial charge on any atom is -0.336 e. The quantitative estimate of drug-likeness (QED) is 0.108. The second kappa shape index (κ2) is 40.9. The number of anilines is 4. The normalized spacial score (nSPS) is 12.4. The molecular formula is C135H120N6S. The van der Waals surface area contributed by atoms with Crippen molar-refractivity contribution in [1.82, 2.24) is 19.9 Å². The van der Waals surface area contributed by atoms with Crippen molar-refractivity contribution in [3.05, 3.63) is 495 Å². The van der Waals surface area contributed by atoms with Gasteiger partial charge in [-0.15, -0.1) is 0 Å². The van der Waals surface area contributed by atoms with Crippen LogP contribution in [0.15, 0.2) is 483 Å². The fraction of sp³-hybridized carbons (Fsp3) is 0.141. The third kappa shape index (κ3) is 21.4. The number of hydrogen-bond donors (Lipinski definition) is 0. The lowest BCUT2D eigenvalue weighted by Gasteiger charge is -2.47. The Morgan fingerprint density at radius 1 is 0.183 bits per heavy atom. The zero-order valence-corrected chi connectivity index (χ0v) is 84.4. The number of fused-ring (bicyclic) bond motifs is 4. The average molecular weight is 1860 g/mol. The van der Waals surface area contributed by atoms with E-state index < -0.39 is 0 Å². The first-order valence-corrected chi connectivity index (χ1v) is 50.2. The van der Waals surface area contributed by atoms with Gasteiger partial charge in [-0.3, -0.25) is 0 Å². The summed E-state index contributed by atoms with van der Waals surface area (Å²) in [5.74, 6) is 1.90. The molecule has 20 aromatic rings. The molecule has 6 nitrogen and oxygen atoms in total. The van der Waals surface area contributed by atoms with E-state index in [1.807, 2.05) is 11.8 Å². The van der Waals surface area contributed by atoms with Crippen molar-refractivity contribution in [2.45, 2.75) is 134 Å². The Morgan fingerprint density at radius 3 is 0.711 bits per heavy atom. The summed E-state index contributed by atoms with van der Waals surface area (Å²) in [5, 5.41) is 0. The maximum atomic E-state index is 5.50. The van der Waals surface area contributed by atoms with Gasteiger partial charge in [-0.2, -0.15) is 0 Å². The second-order valence-corrected chi connectivity index (χ2v) is 42.5. The number of para-hydroxylation sites is 4. The van der Waals surface area contributed by atoms with Crippen LogP contribution in [0.1, 0.15) is 119 Å². The van der Waals surface area contributed by atoms with E-state index >= 15 is 0 Å². The monoisotopic (exact) mass is 1860 g/mol. The molecule has 0 atom stereocenters. The molecule has 0 N–H and O–H groups in total. The molecule has 2 aromatic heterocycles. The molecule has 2 aliphatic rings. The van der Waals surface area contributed by atoms with Gasteiger partial charge >= 0.3 is 0 Å². The Kier molecular flexibility index (Phi) is 27.3. The van der Waals surface area contributed by atoms with Crippen LogP contribution in [0.5, 0.6) is 0 Å². The minimum absolute atomic E-state index is 0.0299. The highest BCUT2D eigenvalue weighted by molar-refractivity contribution is 7.99. The van der Waals surface area contributed by atoms with Crippen molar-refractivity contribution < 1.29 is 0 Å². The summed E-state index contributed by atoms with van der Waals surface area (Å²) in [6, 6.07) is 169.